The fourth-order valence-electron chi connectivity index (χ4n) is 6.89. The van der Waals surface area contributed by atoms with Crippen LogP contribution in [0.25, 0.3) is 0 Å². The number of phosphoric ester groups is 1. The normalized spacial score (nSPS) is 12.1. The zero-order valence-corrected chi connectivity index (χ0v) is 43.4. The van der Waals surface area contributed by atoms with Crippen molar-refractivity contribution in [3.8, 4) is 0 Å². The maximum absolute atomic E-state index is 12.4. The van der Waals surface area contributed by atoms with Gasteiger partial charge in [0, 0.05) is 12.8 Å². The number of rotatable bonds is 44. The zero-order chi connectivity index (χ0) is 41.1. The van der Waals surface area contributed by atoms with Crippen LogP contribution < -0.4 is 68.9 Å². The summed E-state index contributed by atoms with van der Waals surface area (Å²) in [6.45, 7) is 3.52. The van der Waals surface area contributed by atoms with Crippen molar-refractivity contribution < 1.29 is 97.1 Å². The summed E-state index contributed by atoms with van der Waals surface area (Å²) < 4.78 is 25.9. The molecule has 0 aliphatic carbocycles. The number of unbranched alkanes of at least 4 members (excludes halogenated alkanes) is 30. The van der Waals surface area contributed by atoms with Gasteiger partial charge in [-0.2, -0.15) is 0 Å². The van der Waals surface area contributed by atoms with Gasteiger partial charge in [0.1, 0.15) is 6.61 Å². The maximum Gasteiger partial charge on any atom is 1.00 e. The zero-order valence-electron chi connectivity index (χ0n) is 38.5. The minimum atomic E-state index is -5.26. The van der Waals surface area contributed by atoms with Crippen molar-refractivity contribution in [2.45, 2.75) is 251 Å². The summed E-state index contributed by atoms with van der Waals surface area (Å²) >= 11 is 0. The molecule has 0 aliphatic heterocycles. The average Bonchev–Trinajstić information content (AvgIpc) is 3.17. The number of ether oxygens (including phenoxy) is 2. The third-order valence-electron chi connectivity index (χ3n) is 10.4. The first-order chi connectivity index (χ1) is 27.3. The molecule has 0 saturated carbocycles. The molecule has 0 unspecified atom stereocenters. The second kappa shape index (κ2) is 50.2. The van der Waals surface area contributed by atoms with E-state index in [0.717, 1.165) is 38.5 Å². The fraction of sp³-hybridized carbons (Fsp3) is 0.872. The van der Waals surface area contributed by atoms with E-state index in [1.165, 1.54) is 167 Å². The third kappa shape index (κ3) is 52.7. The molecule has 1 atom stereocenters. The number of carbonyl (C=O) groups excluding carboxylic acids is 2. The molecule has 58 heavy (non-hydrogen) atoms. The van der Waals surface area contributed by atoms with E-state index < -0.39 is 32.5 Å². The van der Waals surface area contributed by atoms with E-state index in [1.54, 1.807) is 0 Å². The number of esters is 2. The molecule has 0 rings (SSSR count). The van der Waals surface area contributed by atoms with Crippen LogP contribution in [0.1, 0.15) is 245 Å². The summed E-state index contributed by atoms with van der Waals surface area (Å²) in [5.74, 6) is -0.951. The van der Waals surface area contributed by atoms with Crippen LogP contribution >= 0.6 is 7.82 Å². The predicted octanol–water partition coefficient (Wildman–Crippen LogP) is 7.49. The van der Waals surface area contributed by atoms with Gasteiger partial charge in [-0.3, -0.25) is 9.59 Å². The molecular weight excluding hydrogens is 769 g/mol. The molecule has 0 aliphatic rings. The molecular formula is C47H87Na2O8P. The van der Waals surface area contributed by atoms with Crippen LogP contribution in [0.5, 0.6) is 0 Å². The molecule has 0 aromatic carbocycles. The van der Waals surface area contributed by atoms with Gasteiger partial charge in [0.05, 0.1) is 14.4 Å². The van der Waals surface area contributed by atoms with Gasteiger partial charge in [-0.25, -0.2) is 0 Å². The minimum absolute atomic E-state index is 0. The monoisotopic (exact) mass is 857 g/mol. The molecule has 0 fully saturated rings. The summed E-state index contributed by atoms with van der Waals surface area (Å²) in [6.07, 6.45) is 50.0. The average molecular weight is 857 g/mol. The third-order valence-corrected chi connectivity index (χ3v) is 10.9. The number of hydrogen-bond donors (Lipinski definition) is 0. The second-order valence-electron chi connectivity index (χ2n) is 16.0. The van der Waals surface area contributed by atoms with Gasteiger partial charge in [0.25, 0.3) is 0 Å². The molecule has 0 heterocycles. The summed E-state index contributed by atoms with van der Waals surface area (Å²) in [5.41, 5.74) is 0. The quantitative estimate of drug-likeness (QED) is 0.0203. The Bertz CT molecular complexity index is 974. The van der Waals surface area contributed by atoms with E-state index in [0.29, 0.717) is 12.8 Å². The molecule has 0 saturated heterocycles. The van der Waals surface area contributed by atoms with E-state index in [2.05, 4.69) is 42.7 Å². The standard InChI is InChI=1S/C47H89O8P.2Na/c1-3-5-7-9-11-13-15-17-19-21-23-25-27-29-31-33-35-37-39-41-46(48)53-43-45(44-54-56(50,51)52)55-47(49)42-40-38-36-34-32-30-28-26-24-22-20-18-16-14-12-10-8-6-4-2;;/h17-20,45H,3-16,21-44H2,1-2H3,(H2,50,51,52);;/q;2*+1/p-2/b19-17-,20-18-;;/t45-;;/m1../s1. The Morgan fingerprint density at radius 3 is 1.07 bits per heavy atom. The molecule has 11 heteroatoms. The number of phosphoric acid groups is 1. The molecule has 0 aromatic heterocycles. The molecule has 0 aromatic rings. The summed E-state index contributed by atoms with van der Waals surface area (Å²) in [7, 11) is -5.26. The Morgan fingerprint density at radius 2 is 0.741 bits per heavy atom. The van der Waals surface area contributed by atoms with Crippen molar-refractivity contribution in [3.63, 3.8) is 0 Å². The number of allylic oxidation sites excluding steroid dienone is 4. The van der Waals surface area contributed by atoms with Gasteiger partial charge >= 0.3 is 71.1 Å². The number of carbonyl (C=O) groups is 2. The number of hydrogen-bond acceptors (Lipinski definition) is 8. The Balaban J connectivity index is -0.0000151. The van der Waals surface area contributed by atoms with Gasteiger partial charge in [-0.15, -0.1) is 0 Å². The van der Waals surface area contributed by atoms with Gasteiger partial charge in [0.2, 0.25) is 0 Å². The largest absolute Gasteiger partial charge is 1.00 e. The SMILES string of the molecule is CCCCCCCC/C=C\CCCCCCCCCCCC(=O)OC[C@H](COP(=O)([O-])[O-])OC(=O)CCCCCCCCCCC/C=C\CCCCCCCC.[Na+].[Na+]. The van der Waals surface area contributed by atoms with Gasteiger partial charge in [0.15, 0.2) is 6.10 Å². The summed E-state index contributed by atoms with van der Waals surface area (Å²) in [6, 6.07) is 0. The Kier molecular flexibility index (Phi) is 54.3. The molecule has 0 N–H and O–H groups in total. The second-order valence-corrected chi connectivity index (χ2v) is 17.2. The predicted molar refractivity (Wildman–Crippen MR) is 230 cm³/mol. The first-order valence-electron chi connectivity index (χ1n) is 23.6. The van der Waals surface area contributed by atoms with Crippen molar-refractivity contribution in [2.75, 3.05) is 13.2 Å². The van der Waals surface area contributed by atoms with Crippen LogP contribution in [0.3, 0.4) is 0 Å². The molecule has 0 bridgehead atoms. The van der Waals surface area contributed by atoms with Crippen molar-refractivity contribution in [3.05, 3.63) is 24.3 Å². The van der Waals surface area contributed by atoms with E-state index in [1.807, 2.05) is 0 Å². The topological polar surface area (TPSA) is 125 Å². The van der Waals surface area contributed by atoms with E-state index in [4.69, 9.17) is 9.47 Å². The Labute approximate surface area is 402 Å². The summed E-state index contributed by atoms with van der Waals surface area (Å²) in [4.78, 5) is 46.7. The van der Waals surface area contributed by atoms with Crippen molar-refractivity contribution in [2.24, 2.45) is 0 Å². The van der Waals surface area contributed by atoms with Crippen LogP contribution in [0.2, 0.25) is 0 Å². The van der Waals surface area contributed by atoms with Crippen LogP contribution in [0, 0.1) is 0 Å². The van der Waals surface area contributed by atoms with Crippen LogP contribution in [-0.2, 0) is 28.2 Å². The Hall–Kier alpha value is 0.530. The van der Waals surface area contributed by atoms with Crippen molar-refractivity contribution in [1.82, 2.24) is 0 Å². The Morgan fingerprint density at radius 1 is 0.448 bits per heavy atom. The van der Waals surface area contributed by atoms with Gasteiger partial charge in [-0.05, 0) is 64.2 Å². The fourth-order valence-corrected chi connectivity index (χ4v) is 7.24. The first kappa shape index (κ1) is 62.8. The van der Waals surface area contributed by atoms with E-state index >= 15 is 0 Å². The van der Waals surface area contributed by atoms with Crippen molar-refractivity contribution in [1.29, 1.82) is 0 Å². The van der Waals surface area contributed by atoms with Crippen LogP contribution in [-0.4, -0.2) is 31.3 Å². The summed E-state index contributed by atoms with van der Waals surface area (Å²) in [5, 5.41) is 0. The van der Waals surface area contributed by atoms with Crippen LogP contribution in [0.15, 0.2) is 24.3 Å². The van der Waals surface area contributed by atoms with Gasteiger partial charge < -0.3 is 28.3 Å². The molecule has 0 radical (unpaired) electrons. The van der Waals surface area contributed by atoms with Crippen LogP contribution in [0.4, 0.5) is 0 Å². The molecule has 8 nitrogen and oxygen atoms in total. The first-order valence-corrected chi connectivity index (χ1v) is 25.1. The molecule has 0 amide bonds. The van der Waals surface area contributed by atoms with E-state index in [-0.39, 0.29) is 78.6 Å². The van der Waals surface area contributed by atoms with Gasteiger partial charge in [-0.1, -0.05) is 192 Å². The van der Waals surface area contributed by atoms with Crippen molar-refractivity contribution >= 4 is 19.8 Å². The van der Waals surface area contributed by atoms with E-state index in [9.17, 15) is 23.9 Å². The molecule has 330 valence electrons. The minimum Gasteiger partial charge on any atom is -0.790 e. The smallest absolute Gasteiger partial charge is 0.790 e. The molecule has 0 spiro atoms. The maximum atomic E-state index is 12.4.